The zero-order valence-electron chi connectivity index (χ0n) is 10.7. The van der Waals surface area contributed by atoms with Gasteiger partial charge in [0.1, 0.15) is 5.82 Å². The summed E-state index contributed by atoms with van der Waals surface area (Å²) in [6.07, 6.45) is 8.03. The lowest BCUT2D eigenvalue weighted by molar-refractivity contribution is 0.318. The van der Waals surface area contributed by atoms with Crippen molar-refractivity contribution in [3.05, 3.63) is 23.9 Å². The molecule has 1 aromatic heterocycles. The van der Waals surface area contributed by atoms with Crippen molar-refractivity contribution >= 4 is 11.7 Å². The Hall–Kier alpha value is -1.78. The monoisotopic (exact) mass is 248 g/mol. The second-order valence-electron chi connectivity index (χ2n) is 4.79. The van der Waals surface area contributed by atoms with E-state index in [-0.39, 0.29) is 5.84 Å². The molecule has 1 saturated carbocycles. The Bertz CT molecular complexity index is 427. The molecule has 0 bridgehead atoms. The lowest BCUT2D eigenvalue weighted by Gasteiger charge is -2.32. The molecular weight excluding hydrogens is 228 g/mol. The lowest BCUT2D eigenvalue weighted by Crippen LogP contribution is -2.34. The van der Waals surface area contributed by atoms with Crippen LogP contribution in [0.5, 0.6) is 0 Å². The van der Waals surface area contributed by atoms with Crippen LogP contribution < -0.4 is 10.6 Å². The summed E-state index contributed by atoms with van der Waals surface area (Å²) in [5.74, 6) is 1.00. The van der Waals surface area contributed by atoms with Crippen molar-refractivity contribution in [3.63, 3.8) is 0 Å². The van der Waals surface area contributed by atoms with E-state index in [1.54, 1.807) is 12.3 Å². The molecule has 0 unspecified atom stereocenters. The molecule has 1 heterocycles. The molecular formula is C13H20N4O. The van der Waals surface area contributed by atoms with E-state index in [9.17, 15) is 0 Å². The summed E-state index contributed by atoms with van der Waals surface area (Å²) >= 11 is 0. The van der Waals surface area contributed by atoms with Crippen molar-refractivity contribution in [2.75, 3.05) is 11.9 Å². The van der Waals surface area contributed by atoms with Gasteiger partial charge in [0.05, 0.1) is 0 Å². The van der Waals surface area contributed by atoms with Crippen LogP contribution in [0.2, 0.25) is 0 Å². The van der Waals surface area contributed by atoms with Crippen molar-refractivity contribution < 1.29 is 5.21 Å². The van der Waals surface area contributed by atoms with Crippen molar-refractivity contribution in [2.24, 2.45) is 10.9 Å². The molecule has 1 fully saturated rings. The number of hydrogen-bond donors (Lipinski definition) is 2. The minimum Gasteiger partial charge on any atom is -0.409 e. The van der Waals surface area contributed by atoms with Crippen molar-refractivity contribution in [3.8, 4) is 0 Å². The number of rotatable bonds is 3. The number of hydrogen-bond acceptors (Lipinski definition) is 4. The van der Waals surface area contributed by atoms with Gasteiger partial charge in [-0.15, -0.1) is 0 Å². The highest BCUT2D eigenvalue weighted by atomic mass is 16.4. The van der Waals surface area contributed by atoms with Crippen molar-refractivity contribution in [1.29, 1.82) is 0 Å². The molecule has 1 aromatic rings. The molecule has 0 amide bonds. The van der Waals surface area contributed by atoms with Gasteiger partial charge < -0.3 is 15.8 Å². The van der Waals surface area contributed by atoms with Crippen LogP contribution in [0.25, 0.3) is 0 Å². The van der Waals surface area contributed by atoms with Gasteiger partial charge >= 0.3 is 0 Å². The Balaban J connectivity index is 2.16. The molecule has 18 heavy (non-hydrogen) atoms. The summed E-state index contributed by atoms with van der Waals surface area (Å²) in [6, 6.07) is 4.16. The SMILES string of the molecule is CN(c1cc(/C(N)=N/O)ccn1)C1CCCCC1. The Kier molecular flexibility index (Phi) is 4.02. The van der Waals surface area contributed by atoms with E-state index < -0.39 is 0 Å². The molecule has 1 aliphatic rings. The minimum absolute atomic E-state index is 0.121. The fraction of sp³-hybridized carbons (Fsp3) is 0.538. The van der Waals surface area contributed by atoms with E-state index in [0.717, 1.165) is 5.82 Å². The highest BCUT2D eigenvalue weighted by Gasteiger charge is 2.19. The van der Waals surface area contributed by atoms with Gasteiger partial charge in [0, 0.05) is 24.8 Å². The predicted octanol–water partition coefficient (Wildman–Crippen LogP) is 1.94. The quantitative estimate of drug-likeness (QED) is 0.371. The summed E-state index contributed by atoms with van der Waals surface area (Å²) in [6.45, 7) is 0. The third-order valence-corrected chi connectivity index (χ3v) is 3.63. The maximum Gasteiger partial charge on any atom is 0.170 e. The Morgan fingerprint density at radius 2 is 2.17 bits per heavy atom. The van der Waals surface area contributed by atoms with Crippen molar-refractivity contribution in [1.82, 2.24) is 4.98 Å². The molecule has 0 spiro atoms. The number of nitrogens with two attached hydrogens (primary N) is 1. The van der Waals surface area contributed by atoms with E-state index in [1.165, 1.54) is 32.1 Å². The zero-order chi connectivity index (χ0) is 13.0. The van der Waals surface area contributed by atoms with E-state index >= 15 is 0 Å². The molecule has 1 aliphatic carbocycles. The molecule has 0 atom stereocenters. The van der Waals surface area contributed by atoms with Gasteiger partial charge in [-0.25, -0.2) is 4.98 Å². The highest BCUT2D eigenvalue weighted by Crippen LogP contribution is 2.25. The lowest BCUT2D eigenvalue weighted by atomic mass is 9.94. The van der Waals surface area contributed by atoms with Crippen LogP contribution >= 0.6 is 0 Å². The van der Waals surface area contributed by atoms with Crippen LogP contribution in [0.15, 0.2) is 23.5 Å². The highest BCUT2D eigenvalue weighted by molar-refractivity contribution is 5.97. The average Bonchev–Trinajstić information content (AvgIpc) is 2.46. The fourth-order valence-electron chi connectivity index (χ4n) is 2.48. The summed E-state index contributed by atoms with van der Waals surface area (Å²) < 4.78 is 0. The maximum absolute atomic E-state index is 8.70. The number of aromatic nitrogens is 1. The van der Waals surface area contributed by atoms with E-state index in [0.29, 0.717) is 11.6 Å². The first-order valence-electron chi connectivity index (χ1n) is 6.39. The Labute approximate surface area is 107 Å². The number of amidine groups is 1. The van der Waals surface area contributed by atoms with Gasteiger partial charge in [0.25, 0.3) is 0 Å². The second kappa shape index (κ2) is 5.71. The fourth-order valence-corrected chi connectivity index (χ4v) is 2.48. The minimum atomic E-state index is 0.121. The molecule has 3 N–H and O–H groups in total. The average molecular weight is 248 g/mol. The molecule has 98 valence electrons. The summed E-state index contributed by atoms with van der Waals surface area (Å²) in [5.41, 5.74) is 6.29. The van der Waals surface area contributed by atoms with Crippen LogP contribution in [0.1, 0.15) is 37.7 Å². The summed E-state index contributed by atoms with van der Waals surface area (Å²) in [5, 5.41) is 11.7. The largest absolute Gasteiger partial charge is 0.409 e. The first-order chi connectivity index (χ1) is 8.72. The smallest absolute Gasteiger partial charge is 0.170 e. The summed E-state index contributed by atoms with van der Waals surface area (Å²) in [4.78, 5) is 6.57. The van der Waals surface area contributed by atoms with E-state index in [4.69, 9.17) is 10.9 Å². The van der Waals surface area contributed by atoms with Gasteiger partial charge in [-0.05, 0) is 25.0 Å². The van der Waals surface area contributed by atoms with Crippen LogP contribution in [0, 0.1) is 0 Å². The topological polar surface area (TPSA) is 74.7 Å². The molecule has 0 aromatic carbocycles. The molecule has 5 heteroatoms. The predicted molar refractivity (Wildman–Crippen MR) is 72.0 cm³/mol. The van der Waals surface area contributed by atoms with E-state index in [1.807, 2.05) is 6.07 Å². The normalized spacial score (nSPS) is 17.7. The number of oxime groups is 1. The number of pyridine rings is 1. The molecule has 2 rings (SSSR count). The van der Waals surface area contributed by atoms with E-state index in [2.05, 4.69) is 22.1 Å². The first kappa shape index (κ1) is 12.7. The van der Waals surface area contributed by atoms with Gasteiger partial charge in [-0.1, -0.05) is 24.4 Å². The Morgan fingerprint density at radius 1 is 1.44 bits per heavy atom. The Morgan fingerprint density at radius 3 is 2.83 bits per heavy atom. The summed E-state index contributed by atoms with van der Waals surface area (Å²) in [7, 11) is 2.06. The van der Waals surface area contributed by atoms with Crippen LogP contribution in [0.4, 0.5) is 5.82 Å². The van der Waals surface area contributed by atoms with Gasteiger partial charge in [0.2, 0.25) is 0 Å². The van der Waals surface area contributed by atoms with Crippen LogP contribution in [-0.4, -0.2) is 29.1 Å². The molecule has 0 radical (unpaired) electrons. The second-order valence-corrected chi connectivity index (χ2v) is 4.79. The van der Waals surface area contributed by atoms with Crippen molar-refractivity contribution in [2.45, 2.75) is 38.1 Å². The van der Waals surface area contributed by atoms with Crippen LogP contribution in [-0.2, 0) is 0 Å². The molecule has 5 nitrogen and oxygen atoms in total. The number of anilines is 1. The van der Waals surface area contributed by atoms with Gasteiger partial charge in [-0.2, -0.15) is 0 Å². The third kappa shape index (κ3) is 2.72. The molecule has 0 aliphatic heterocycles. The number of nitrogens with zero attached hydrogens (tertiary/aromatic N) is 3. The first-order valence-corrected chi connectivity index (χ1v) is 6.39. The maximum atomic E-state index is 8.70. The zero-order valence-corrected chi connectivity index (χ0v) is 10.7. The van der Waals surface area contributed by atoms with Gasteiger partial charge in [-0.3, -0.25) is 0 Å². The van der Waals surface area contributed by atoms with Crippen LogP contribution in [0.3, 0.4) is 0 Å². The third-order valence-electron chi connectivity index (χ3n) is 3.63. The standard InChI is InChI=1S/C13H20N4O/c1-17(11-5-3-2-4-6-11)12-9-10(7-8-15-12)13(14)16-18/h7-9,11,18H,2-6H2,1H3,(H2,14,16). The molecule has 0 saturated heterocycles. The van der Waals surface area contributed by atoms with Gasteiger partial charge in [0.15, 0.2) is 5.84 Å².